The summed E-state index contributed by atoms with van der Waals surface area (Å²) in [6.45, 7) is 1.98. The molecule has 0 aliphatic carbocycles. The highest BCUT2D eigenvalue weighted by atomic mass is 35.5. The molecule has 1 aromatic rings. The first-order chi connectivity index (χ1) is 11.0. The quantitative estimate of drug-likeness (QED) is 0.798. The molecule has 3 N–H and O–H groups in total. The molecule has 2 heterocycles. The number of fused-ring (bicyclic) bond motifs is 1. The molecule has 2 aliphatic heterocycles. The Balaban J connectivity index is 0.00000208. The predicted molar refractivity (Wildman–Crippen MR) is 93.8 cm³/mol. The van der Waals surface area contributed by atoms with Crippen LogP contribution in [-0.4, -0.2) is 51.2 Å². The SMILES string of the molecule is Cl.NCC1CCN(C(=O)CN=C2NS(=O)(=O)c3ccccc32)CC1. The minimum absolute atomic E-state index is 0. The Morgan fingerprint density at radius 3 is 2.62 bits per heavy atom. The number of nitrogens with two attached hydrogens (primary N) is 1. The van der Waals surface area contributed by atoms with E-state index >= 15 is 0 Å². The third kappa shape index (κ3) is 3.71. The van der Waals surface area contributed by atoms with E-state index in [1.165, 1.54) is 6.07 Å². The molecular formula is C15H21ClN4O3S. The Hall–Kier alpha value is -1.64. The lowest BCUT2D eigenvalue weighted by Crippen LogP contribution is -2.41. The molecule has 0 radical (unpaired) electrons. The first-order valence-corrected chi connectivity index (χ1v) is 9.14. The summed E-state index contributed by atoms with van der Waals surface area (Å²) in [7, 11) is -3.56. The van der Waals surface area contributed by atoms with Crippen LogP contribution in [0.4, 0.5) is 0 Å². The summed E-state index contributed by atoms with van der Waals surface area (Å²) in [6.07, 6.45) is 1.82. The Bertz CT molecular complexity index is 743. The molecule has 0 spiro atoms. The Morgan fingerprint density at radius 2 is 1.96 bits per heavy atom. The summed E-state index contributed by atoms with van der Waals surface area (Å²) in [4.78, 5) is 18.4. The number of hydrogen-bond acceptors (Lipinski definition) is 5. The van der Waals surface area contributed by atoms with Crippen LogP contribution in [-0.2, 0) is 14.8 Å². The monoisotopic (exact) mass is 372 g/mol. The zero-order valence-electron chi connectivity index (χ0n) is 13.1. The Kier molecular flexibility index (Phi) is 5.84. The van der Waals surface area contributed by atoms with E-state index in [0.29, 0.717) is 31.1 Å². The van der Waals surface area contributed by atoms with Crippen molar-refractivity contribution in [3.8, 4) is 0 Å². The van der Waals surface area contributed by atoms with Crippen molar-refractivity contribution in [3.05, 3.63) is 29.8 Å². The normalized spacial score (nSPS) is 21.0. The van der Waals surface area contributed by atoms with Gasteiger partial charge in [-0.3, -0.25) is 14.5 Å². The number of nitrogens with one attached hydrogen (secondary N) is 1. The van der Waals surface area contributed by atoms with Gasteiger partial charge in [0.15, 0.2) is 0 Å². The molecule has 1 fully saturated rings. The van der Waals surface area contributed by atoms with Crippen molar-refractivity contribution in [2.24, 2.45) is 16.6 Å². The average molecular weight is 373 g/mol. The summed E-state index contributed by atoms with van der Waals surface area (Å²) in [5.41, 5.74) is 6.16. The van der Waals surface area contributed by atoms with E-state index in [1.807, 2.05) is 0 Å². The maximum atomic E-state index is 12.2. The van der Waals surface area contributed by atoms with Crippen LogP contribution in [0.15, 0.2) is 34.2 Å². The molecule has 0 unspecified atom stereocenters. The van der Waals surface area contributed by atoms with Crippen LogP contribution in [0, 0.1) is 5.92 Å². The number of benzene rings is 1. The van der Waals surface area contributed by atoms with Crippen molar-refractivity contribution >= 4 is 34.2 Å². The van der Waals surface area contributed by atoms with E-state index in [1.54, 1.807) is 23.1 Å². The largest absolute Gasteiger partial charge is 0.341 e. The van der Waals surface area contributed by atoms with Crippen LogP contribution in [0.5, 0.6) is 0 Å². The number of nitrogens with zero attached hydrogens (tertiary/aromatic N) is 2. The molecule has 132 valence electrons. The second-order valence-corrected chi connectivity index (χ2v) is 7.48. The number of halogens is 1. The van der Waals surface area contributed by atoms with Gasteiger partial charge in [-0.05, 0) is 37.4 Å². The summed E-state index contributed by atoms with van der Waals surface area (Å²) >= 11 is 0. The number of carbonyl (C=O) groups excluding carboxylic acids is 1. The number of hydrogen-bond donors (Lipinski definition) is 2. The first kappa shape index (κ1) is 18.7. The van der Waals surface area contributed by atoms with Crippen LogP contribution >= 0.6 is 12.4 Å². The number of carbonyl (C=O) groups is 1. The molecule has 0 atom stereocenters. The van der Waals surface area contributed by atoms with Crippen molar-refractivity contribution in [2.75, 3.05) is 26.2 Å². The second-order valence-electron chi connectivity index (χ2n) is 5.83. The van der Waals surface area contributed by atoms with Crippen LogP contribution < -0.4 is 10.5 Å². The van der Waals surface area contributed by atoms with Gasteiger partial charge in [-0.25, -0.2) is 8.42 Å². The predicted octanol–water partition coefficient (Wildman–Crippen LogP) is 0.344. The highest BCUT2D eigenvalue weighted by molar-refractivity contribution is 7.90. The fourth-order valence-electron chi connectivity index (χ4n) is 2.92. The average Bonchev–Trinajstić information content (AvgIpc) is 2.84. The van der Waals surface area contributed by atoms with Gasteiger partial charge in [-0.1, -0.05) is 12.1 Å². The van der Waals surface area contributed by atoms with Gasteiger partial charge in [0.25, 0.3) is 10.0 Å². The van der Waals surface area contributed by atoms with Crippen molar-refractivity contribution in [3.63, 3.8) is 0 Å². The van der Waals surface area contributed by atoms with Crippen LogP contribution in [0.3, 0.4) is 0 Å². The molecule has 7 nitrogen and oxygen atoms in total. The van der Waals surface area contributed by atoms with Crippen LogP contribution in [0.25, 0.3) is 0 Å². The van der Waals surface area contributed by atoms with Gasteiger partial charge in [0.1, 0.15) is 12.4 Å². The van der Waals surface area contributed by atoms with Gasteiger partial charge in [0, 0.05) is 18.7 Å². The standard InChI is InChI=1S/C15H20N4O3S.ClH/c16-9-11-5-7-19(8-6-11)14(20)10-17-15-12-3-1-2-4-13(12)23(21,22)18-15;/h1-4,11H,5-10,16H2,(H,17,18);1H. The first-order valence-electron chi connectivity index (χ1n) is 7.66. The van der Waals surface area contributed by atoms with E-state index < -0.39 is 10.0 Å². The molecule has 1 saturated heterocycles. The number of aliphatic imine (C=N–C) groups is 1. The van der Waals surface area contributed by atoms with Gasteiger partial charge in [-0.2, -0.15) is 0 Å². The van der Waals surface area contributed by atoms with Crippen LogP contribution in [0.2, 0.25) is 0 Å². The van der Waals surface area contributed by atoms with Gasteiger partial charge in [0.05, 0.1) is 4.90 Å². The van der Waals surface area contributed by atoms with Crippen molar-refractivity contribution in [1.82, 2.24) is 9.62 Å². The fourth-order valence-corrected chi connectivity index (χ4v) is 4.17. The van der Waals surface area contributed by atoms with E-state index in [0.717, 1.165) is 12.8 Å². The lowest BCUT2D eigenvalue weighted by atomic mass is 9.97. The number of likely N-dealkylation sites (tertiary alicyclic amines) is 1. The maximum absolute atomic E-state index is 12.2. The van der Waals surface area contributed by atoms with Crippen molar-refractivity contribution in [1.29, 1.82) is 0 Å². The van der Waals surface area contributed by atoms with Crippen molar-refractivity contribution in [2.45, 2.75) is 17.7 Å². The summed E-state index contributed by atoms with van der Waals surface area (Å²) in [6, 6.07) is 6.62. The van der Waals surface area contributed by atoms with Crippen LogP contribution in [0.1, 0.15) is 18.4 Å². The molecule has 1 amide bonds. The van der Waals surface area contributed by atoms with E-state index in [9.17, 15) is 13.2 Å². The fraction of sp³-hybridized carbons (Fsp3) is 0.467. The van der Waals surface area contributed by atoms with E-state index in [4.69, 9.17) is 5.73 Å². The third-order valence-electron chi connectivity index (χ3n) is 4.34. The summed E-state index contributed by atoms with van der Waals surface area (Å²) in [5.74, 6) is 0.640. The zero-order chi connectivity index (χ0) is 16.4. The molecule has 0 bridgehead atoms. The number of amides is 1. The highest BCUT2D eigenvalue weighted by Gasteiger charge is 2.30. The van der Waals surface area contributed by atoms with Gasteiger partial charge in [-0.15, -0.1) is 12.4 Å². The zero-order valence-corrected chi connectivity index (χ0v) is 14.8. The molecule has 2 aliphatic rings. The maximum Gasteiger partial charge on any atom is 0.263 e. The summed E-state index contributed by atoms with van der Waals surface area (Å²) in [5, 5.41) is 0. The number of piperidine rings is 1. The molecule has 3 rings (SSSR count). The molecular weight excluding hydrogens is 352 g/mol. The minimum atomic E-state index is -3.56. The smallest absolute Gasteiger partial charge is 0.263 e. The minimum Gasteiger partial charge on any atom is -0.341 e. The molecule has 24 heavy (non-hydrogen) atoms. The summed E-state index contributed by atoms with van der Waals surface area (Å²) < 4.78 is 26.4. The molecule has 9 heteroatoms. The number of rotatable bonds is 3. The van der Waals surface area contributed by atoms with E-state index in [-0.39, 0.29) is 35.6 Å². The van der Waals surface area contributed by atoms with Crippen molar-refractivity contribution < 1.29 is 13.2 Å². The highest BCUT2D eigenvalue weighted by Crippen LogP contribution is 2.22. The Morgan fingerprint density at radius 1 is 1.29 bits per heavy atom. The molecule has 1 aromatic carbocycles. The van der Waals surface area contributed by atoms with Gasteiger partial charge < -0.3 is 10.6 Å². The number of sulfonamides is 1. The third-order valence-corrected chi connectivity index (χ3v) is 5.73. The van der Waals surface area contributed by atoms with Gasteiger partial charge in [0.2, 0.25) is 5.91 Å². The lowest BCUT2D eigenvalue weighted by Gasteiger charge is -2.31. The second kappa shape index (κ2) is 7.50. The van der Waals surface area contributed by atoms with Gasteiger partial charge >= 0.3 is 0 Å². The molecule has 0 aromatic heterocycles. The Labute approximate surface area is 147 Å². The van der Waals surface area contributed by atoms with E-state index in [2.05, 4.69) is 9.71 Å². The topological polar surface area (TPSA) is 105 Å². The lowest BCUT2D eigenvalue weighted by molar-refractivity contribution is -0.130. The number of amidine groups is 1. The molecule has 0 saturated carbocycles.